The summed E-state index contributed by atoms with van der Waals surface area (Å²) in [5.74, 6) is -2.06. The summed E-state index contributed by atoms with van der Waals surface area (Å²) in [5.41, 5.74) is 25.2. The number of hydrogen-bond donors (Lipinski definition) is 6. The molecular formula is C58H58Cl2F2N6O6. The number of amides is 4. The molecule has 0 saturated heterocycles. The van der Waals surface area contributed by atoms with Crippen LogP contribution in [0.25, 0.3) is 22.3 Å². The second kappa shape index (κ2) is 21.9. The molecule has 2 aliphatic carbocycles. The number of ether oxygens (including phenoxy) is 2. The third kappa shape index (κ3) is 10.6. The van der Waals surface area contributed by atoms with Gasteiger partial charge in [-0.2, -0.15) is 0 Å². The zero-order valence-electron chi connectivity index (χ0n) is 40.6. The molecule has 0 spiro atoms. The molecule has 74 heavy (non-hydrogen) atoms. The van der Waals surface area contributed by atoms with E-state index in [9.17, 15) is 19.2 Å². The Bertz CT molecular complexity index is 2890. The molecule has 2 aliphatic heterocycles. The Labute approximate surface area is 438 Å². The molecule has 0 bridgehead atoms. The monoisotopic (exact) mass is 1040 g/mol. The molecule has 384 valence electrons. The molecule has 6 aromatic carbocycles. The molecule has 10 N–H and O–H groups in total. The largest absolute Gasteiger partial charge is 0.481 e. The number of benzene rings is 6. The number of nitrogens with one attached hydrogen (secondary N) is 2. The second-order valence-electron chi connectivity index (χ2n) is 19.8. The first-order valence-corrected chi connectivity index (χ1v) is 25.7. The summed E-state index contributed by atoms with van der Waals surface area (Å²) < 4.78 is 43.7. The van der Waals surface area contributed by atoms with Gasteiger partial charge in [0.1, 0.15) is 23.1 Å². The quantitative estimate of drug-likeness (QED) is 0.0617. The first-order valence-electron chi connectivity index (χ1n) is 24.9. The van der Waals surface area contributed by atoms with Crippen molar-refractivity contribution in [1.29, 1.82) is 0 Å². The molecular weight excluding hydrogens is 986 g/mol. The van der Waals surface area contributed by atoms with Gasteiger partial charge in [0.25, 0.3) is 0 Å². The van der Waals surface area contributed by atoms with E-state index in [-0.39, 0.29) is 58.0 Å². The summed E-state index contributed by atoms with van der Waals surface area (Å²) in [5, 5.41) is 7.94. The highest BCUT2D eigenvalue weighted by Crippen LogP contribution is 2.51. The van der Waals surface area contributed by atoms with Gasteiger partial charge < -0.3 is 43.0 Å². The van der Waals surface area contributed by atoms with E-state index >= 15 is 8.78 Å². The Morgan fingerprint density at radius 2 is 0.851 bits per heavy atom. The lowest BCUT2D eigenvalue weighted by Crippen LogP contribution is -2.47. The molecule has 6 aromatic rings. The average Bonchev–Trinajstić information content (AvgIpc) is 3.99. The van der Waals surface area contributed by atoms with Gasteiger partial charge in [0, 0.05) is 104 Å². The fourth-order valence-corrected chi connectivity index (χ4v) is 11.8. The Hall–Kier alpha value is -6.84. The van der Waals surface area contributed by atoms with Crippen LogP contribution in [0.1, 0.15) is 94.3 Å². The van der Waals surface area contributed by atoms with Crippen molar-refractivity contribution in [2.75, 3.05) is 13.1 Å². The van der Waals surface area contributed by atoms with Crippen LogP contribution in [0.3, 0.4) is 0 Å². The van der Waals surface area contributed by atoms with E-state index in [1.54, 1.807) is 24.3 Å². The van der Waals surface area contributed by atoms with Crippen molar-refractivity contribution in [2.45, 2.75) is 87.5 Å². The van der Waals surface area contributed by atoms with Crippen LogP contribution in [-0.4, -0.2) is 48.8 Å². The van der Waals surface area contributed by atoms with E-state index in [0.717, 1.165) is 73.6 Å². The third-order valence-electron chi connectivity index (χ3n) is 15.2. The van der Waals surface area contributed by atoms with Gasteiger partial charge in [-0.15, -0.1) is 0 Å². The lowest BCUT2D eigenvalue weighted by molar-refractivity contribution is -0.123. The zero-order chi connectivity index (χ0) is 52.3. The molecule has 12 nitrogen and oxygen atoms in total. The van der Waals surface area contributed by atoms with Crippen molar-refractivity contribution in [3.05, 3.63) is 176 Å². The lowest BCUT2D eigenvalue weighted by Gasteiger charge is -2.34. The summed E-state index contributed by atoms with van der Waals surface area (Å²) >= 11 is 13.3. The molecule has 0 radical (unpaired) electrons. The normalized spacial score (nSPS) is 22.8. The zero-order valence-corrected chi connectivity index (χ0v) is 42.1. The Morgan fingerprint density at radius 1 is 0.486 bits per heavy atom. The highest BCUT2D eigenvalue weighted by Gasteiger charge is 2.45. The fraction of sp³-hybridized carbons (Fsp3) is 0.310. The van der Waals surface area contributed by atoms with Crippen molar-refractivity contribution in [2.24, 2.45) is 34.8 Å². The standard InChI is InChI=1S/2C29H29ClFN3O3/c2*30-22-13-14-24-21(25(22)26-20(28(33)36)7-4-8-23(26)31)15-29(37-24,18-5-2-1-3-6-18)16-34-19-11-9-17(10-12-19)27(32)35/h2*1-8,13-14,17,19,34H,9-12,15-16H2,(H2,32,35)(H2,33,36)/t2*17?,19?,29-/m11/s1. The maximum atomic E-state index is 15.2. The number of fused-ring (bicyclic) bond motifs is 2. The van der Waals surface area contributed by atoms with E-state index < -0.39 is 34.7 Å². The van der Waals surface area contributed by atoms with Gasteiger partial charge in [-0.3, -0.25) is 19.2 Å². The molecule has 2 atom stereocenters. The number of halogens is 4. The second-order valence-corrected chi connectivity index (χ2v) is 20.6. The summed E-state index contributed by atoms with van der Waals surface area (Å²) in [4.78, 5) is 47.5. The van der Waals surface area contributed by atoms with Gasteiger partial charge in [0.05, 0.1) is 0 Å². The van der Waals surface area contributed by atoms with Crippen LogP contribution in [0.5, 0.6) is 11.5 Å². The first kappa shape index (κ1) is 52.0. The van der Waals surface area contributed by atoms with Gasteiger partial charge in [-0.05, 0) is 111 Å². The van der Waals surface area contributed by atoms with Gasteiger partial charge in [-0.1, -0.05) is 96.0 Å². The molecule has 0 aromatic heterocycles. The van der Waals surface area contributed by atoms with Gasteiger partial charge in [0.2, 0.25) is 23.6 Å². The maximum absolute atomic E-state index is 15.2. The minimum absolute atomic E-state index is 0.0665. The van der Waals surface area contributed by atoms with Crippen molar-refractivity contribution in [3.63, 3.8) is 0 Å². The number of primary amides is 4. The predicted octanol–water partition coefficient (Wildman–Crippen LogP) is 9.42. The molecule has 16 heteroatoms. The number of hydrogen-bond acceptors (Lipinski definition) is 8. The maximum Gasteiger partial charge on any atom is 0.249 e. The molecule has 2 fully saturated rings. The van der Waals surface area contributed by atoms with Crippen molar-refractivity contribution < 1.29 is 37.4 Å². The number of carbonyl (C=O) groups is 4. The first-order chi connectivity index (χ1) is 35.6. The van der Waals surface area contributed by atoms with Gasteiger partial charge in [-0.25, -0.2) is 8.78 Å². The molecule has 0 unspecified atom stereocenters. The van der Waals surface area contributed by atoms with Crippen LogP contribution in [0.4, 0.5) is 8.78 Å². The van der Waals surface area contributed by atoms with E-state index in [4.69, 9.17) is 55.6 Å². The minimum Gasteiger partial charge on any atom is -0.481 e. The Morgan fingerprint density at radius 3 is 1.19 bits per heavy atom. The minimum atomic E-state index is -0.776. The van der Waals surface area contributed by atoms with E-state index in [1.807, 2.05) is 60.7 Å². The number of rotatable bonds is 14. The number of nitrogens with two attached hydrogens (primary N) is 4. The Kier molecular flexibility index (Phi) is 15.4. The summed E-state index contributed by atoms with van der Waals surface area (Å²) in [6.45, 7) is 0.989. The fourth-order valence-electron chi connectivity index (χ4n) is 11.3. The summed E-state index contributed by atoms with van der Waals surface area (Å²) in [7, 11) is 0. The molecule has 2 heterocycles. The molecule has 10 rings (SSSR count). The van der Waals surface area contributed by atoms with Gasteiger partial charge >= 0.3 is 0 Å². The highest BCUT2D eigenvalue weighted by atomic mass is 35.5. The van der Waals surface area contributed by atoms with Crippen molar-refractivity contribution in [1.82, 2.24) is 10.6 Å². The van der Waals surface area contributed by atoms with Crippen molar-refractivity contribution >= 4 is 46.8 Å². The molecule has 4 aliphatic rings. The van der Waals surface area contributed by atoms with Gasteiger partial charge in [0.15, 0.2) is 11.2 Å². The predicted molar refractivity (Wildman–Crippen MR) is 282 cm³/mol. The topological polar surface area (TPSA) is 215 Å². The van der Waals surface area contributed by atoms with Crippen LogP contribution in [0, 0.1) is 23.5 Å². The number of carbonyl (C=O) groups excluding carboxylic acids is 4. The summed E-state index contributed by atoms with van der Waals surface area (Å²) in [6.07, 6.45) is 7.25. The van der Waals surface area contributed by atoms with E-state index in [0.29, 0.717) is 58.6 Å². The lowest BCUT2D eigenvalue weighted by atomic mass is 9.83. The Balaban J connectivity index is 0.000000182. The van der Waals surface area contributed by atoms with Crippen LogP contribution < -0.4 is 43.0 Å². The molecule has 4 amide bonds. The summed E-state index contributed by atoms with van der Waals surface area (Å²) in [6, 6.07) is 35.6. The SMILES string of the molecule is NC(=O)c1cccc(F)c1-c1c(Cl)ccc2c1C[C@@](CNC1CCC(C(N)=O)CC1)(c1ccccc1)O2.NC(=O)c1cccc(F)c1-c1c(Cl)ccc2c1C[C@@](CNC1CCC(C(N)=O)CC1)(c1ccccc1)O2. The van der Waals surface area contributed by atoms with E-state index in [1.165, 1.54) is 36.4 Å². The average molecular weight is 1040 g/mol. The smallest absolute Gasteiger partial charge is 0.249 e. The van der Waals surface area contributed by atoms with Crippen LogP contribution in [-0.2, 0) is 33.6 Å². The molecule has 2 saturated carbocycles. The third-order valence-corrected chi connectivity index (χ3v) is 15.9. The van der Waals surface area contributed by atoms with E-state index in [2.05, 4.69) is 10.6 Å². The van der Waals surface area contributed by atoms with Crippen LogP contribution in [0.2, 0.25) is 10.0 Å². The van der Waals surface area contributed by atoms with Crippen LogP contribution >= 0.6 is 23.2 Å². The van der Waals surface area contributed by atoms with Crippen LogP contribution in [0.15, 0.2) is 121 Å². The van der Waals surface area contributed by atoms with Crippen molar-refractivity contribution in [3.8, 4) is 33.8 Å². The highest BCUT2D eigenvalue weighted by molar-refractivity contribution is 6.34.